The largest absolute Gasteiger partial charge is 0.339 e. The summed E-state index contributed by atoms with van der Waals surface area (Å²) in [6.45, 7) is 8.55. The van der Waals surface area contributed by atoms with Crippen LogP contribution >= 0.6 is 36.2 Å². The second kappa shape index (κ2) is 11.3. The van der Waals surface area contributed by atoms with Gasteiger partial charge >= 0.3 is 0 Å². The normalized spacial score (nSPS) is 10.6. The fourth-order valence-corrected chi connectivity index (χ4v) is 4.09. The molecule has 0 saturated carbocycles. The zero-order valence-electron chi connectivity index (χ0n) is 17.1. The first kappa shape index (κ1) is 24.2. The average Bonchev–Trinajstić information content (AvgIpc) is 3.26. The Balaban J connectivity index is 0.00000160. The molecule has 0 saturated heterocycles. The summed E-state index contributed by atoms with van der Waals surface area (Å²) in [6, 6.07) is 17.0. The molecule has 0 bridgehead atoms. The van der Waals surface area contributed by atoms with Crippen molar-refractivity contribution in [2.75, 3.05) is 25.1 Å². The molecule has 2 aromatic heterocycles. The molecule has 0 radical (unpaired) electrons. The Hall–Kier alpha value is -2.12. The maximum atomic E-state index is 4.75. The second-order valence-corrected chi connectivity index (χ2v) is 7.52. The summed E-state index contributed by atoms with van der Waals surface area (Å²) >= 11 is 1.55. The van der Waals surface area contributed by atoms with Crippen molar-refractivity contribution in [2.24, 2.45) is 5.10 Å². The zero-order chi connectivity index (χ0) is 19.3. The molecule has 160 valence electrons. The molecule has 0 aliphatic carbocycles. The van der Waals surface area contributed by atoms with Crippen LogP contribution in [0, 0.1) is 0 Å². The fraction of sp³-hybridized carbons (Fsp3) is 0.273. The van der Waals surface area contributed by atoms with Gasteiger partial charge in [-0.05, 0) is 25.2 Å². The molecule has 4 aromatic rings. The molecule has 0 fully saturated rings. The predicted octanol–water partition coefficient (Wildman–Crippen LogP) is 5.36. The minimum Gasteiger partial charge on any atom is -0.339 e. The van der Waals surface area contributed by atoms with Crippen LogP contribution in [-0.2, 0) is 6.54 Å². The molecule has 2 aromatic carbocycles. The Kier molecular flexibility index (Phi) is 9.11. The van der Waals surface area contributed by atoms with Gasteiger partial charge in [-0.1, -0.05) is 50.2 Å². The Morgan fingerprint density at radius 3 is 2.10 bits per heavy atom. The molecule has 1 N–H and O–H groups in total. The Labute approximate surface area is 193 Å². The summed E-state index contributed by atoms with van der Waals surface area (Å²) < 4.78 is 2.42. The van der Waals surface area contributed by atoms with Gasteiger partial charge in [0.2, 0.25) is 5.13 Å². The molecule has 0 amide bonds. The minimum absolute atomic E-state index is 0. The molecule has 4 rings (SSSR count). The third-order valence-electron chi connectivity index (χ3n) is 5.13. The number of aromatic nitrogens is 2. The minimum atomic E-state index is 0. The van der Waals surface area contributed by atoms with E-state index in [-0.39, 0.29) is 24.8 Å². The summed E-state index contributed by atoms with van der Waals surface area (Å²) in [5.74, 6) is 0. The maximum Gasteiger partial charge on any atom is 0.203 e. The topological polar surface area (TPSA) is 45.5 Å². The van der Waals surface area contributed by atoms with E-state index in [1.165, 1.54) is 11.0 Å². The lowest BCUT2D eigenvalue weighted by molar-refractivity contribution is 0.293. The van der Waals surface area contributed by atoms with Crippen molar-refractivity contribution in [1.29, 1.82) is 0 Å². The van der Waals surface area contributed by atoms with Crippen LogP contribution in [0.25, 0.3) is 21.8 Å². The van der Waals surface area contributed by atoms with Crippen LogP contribution in [-0.4, -0.2) is 34.1 Å². The first-order valence-corrected chi connectivity index (χ1v) is 10.6. The number of fused-ring (bicyclic) bond motifs is 2. The van der Waals surface area contributed by atoms with E-state index in [1.807, 2.05) is 5.38 Å². The number of halogens is 2. The molecule has 0 atom stereocenters. The van der Waals surface area contributed by atoms with Crippen LogP contribution < -0.4 is 10.8 Å². The van der Waals surface area contributed by atoms with E-state index >= 15 is 0 Å². The molecule has 8 heteroatoms. The first-order chi connectivity index (χ1) is 13.8. The van der Waals surface area contributed by atoms with E-state index in [0.29, 0.717) is 0 Å². The fourth-order valence-electron chi connectivity index (χ4n) is 3.62. The predicted molar refractivity (Wildman–Crippen MR) is 133 cm³/mol. The average molecular weight is 464 g/mol. The smallest absolute Gasteiger partial charge is 0.203 e. The number of nitrogens with zero attached hydrogens (tertiary/aromatic N) is 4. The molecular weight excluding hydrogens is 437 g/mol. The number of anilines is 1. The highest BCUT2D eigenvalue weighted by Gasteiger charge is 2.10. The van der Waals surface area contributed by atoms with Gasteiger partial charge in [0.05, 0.1) is 11.0 Å². The molecule has 5 nitrogen and oxygen atoms in total. The first-order valence-electron chi connectivity index (χ1n) is 9.73. The zero-order valence-corrected chi connectivity index (χ0v) is 19.6. The Morgan fingerprint density at radius 2 is 1.57 bits per heavy atom. The van der Waals surface area contributed by atoms with E-state index in [0.717, 1.165) is 47.4 Å². The van der Waals surface area contributed by atoms with Gasteiger partial charge in [-0.15, -0.1) is 36.2 Å². The number of hydrogen-bond donors (Lipinski definition) is 1. The van der Waals surface area contributed by atoms with Gasteiger partial charge < -0.3 is 9.47 Å². The summed E-state index contributed by atoms with van der Waals surface area (Å²) in [6.07, 6.45) is 1.78. The van der Waals surface area contributed by atoms with Gasteiger partial charge in [0.15, 0.2) is 0 Å². The highest BCUT2D eigenvalue weighted by molar-refractivity contribution is 7.13. The lowest BCUT2D eigenvalue weighted by Gasteiger charge is -2.21. The lowest BCUT2D eigenvalue weighted by atomic mass is 10.1. The Morgan fingerprint density at radius 1 is 0.967 bits per heavy atom. The van der Waals surface area contributed by atoms with Gasteiger partial charge in [-0.2, -0.15) is 5.10 Å². The number of thiazole rings is 1. The number of benzene rings is 2. The maximum absolute atomic E-state index is 4.75. The number of pyridine rings is 1. The molecular formula is C22H27Cl2N5S. The number of para-hydroxylation sites is 2. The van der Waals surface area contributed by atoms with Crippen molar-refractivity contribution < 1.29 is 0 Å². The summed E-state index contributed by atoms with van der Waals surface area (Å²) in [7, 11) is 0. The van der Waals surface area contributed by atoms with Crippen molar-refractivity contribution in [2.45, 2.75) is 20.4 Å². The van der Waals surface area contributed by atoms with E-state index in [4.69, 9.17) is 5.10 Å². The number of rotatable bonds is 7. The van der Waals surface area contributed by atoms with Crippen LogP contribution in [0.3, 0.4) is 0 Å². The quantitative estimate of drug-likeness (QED) is 0.296. The van der Waals surface area contributed by atoms with Crippen molar-refractivity contribution in [3.05, 3.63) is 65.5 Å². The van der Waals surface area contributed by atoms with E-state index in [1.54, 1.807) is 17.5 Å². The van der Waals surface area contributed by atoms with Crippen molar-refractivity contribution in [1.82, 2.24) is 14.5 Å². The monoisotopic (exact) mass is 463 g/mol. The molecule has 0 unspecified atom stereocenters. The molecule has 0 spiro atoms. The molecule has 2 heterocycles. The van der Waals surface area contributed by atoms with Gasteiger partial charge in [-0.25, -0.2) is 4.98 Å². The number of nitrogens with one attached hydrogen (secondary N) is 1. The van der Waals surface area contributed by atoms with Gasteiger partial charge in [0, 0.05) is 35.4 Å². The van der Waals surface area contributed by atoms with Crippen molar-refractivity contribution in [3.63, 3.8) is 0 Å². The SMILES string of the molecule is CCN(CC)CCn1c2ccccc2c(=NNc2nccs2)c2ccccc21.Cl.Cl. The standard InChI is InChI=1S/C22H25N5S.2ClH/c1-3-26(4-2)14-15-27-19-11-7-5-9-17(19)21(18-10-6-8-12-20(18)27)24-25-22-23-13-16-28-22;;/h5-13,16H,3-4,14-15H2,1-2H3,(H,23,25);2*1H. The molecule has 0 aliphatic rings. The third kappa shape index (κ3) is 4.95. The Bertz CT molecular complexity index is 1080. The van der Waals surface area contributed by atoms with Gasteiger partial charge in [-0.3, -0.25) is 5.43 Å². The lowest BCUT2D eigenvalue weighted by Crippen LogP contribution is -2.28. The van der Waals surface area contributed by atoms with Crippen LogP contribution in [0.15, 0.2) is 65.2 Å². The van der Waals surface area contributed by atoms with Crippen LogP contribution in [0.5, 0.6) is 0 Å². The summed E-state index contributed by atoms with van der Waals surface area (Å²) in [5.41, 5.74) is 5.53. The van der Waals surface area contributed by atoms with E-state index in [2.05, 4.69) is 82.3 Å². The van der Waals surface area contributed by atoms with Crippen LogP contribution in [0.1, 0.15) is 13.8 Å². The second-order valence-electron chi connectivity index (χ2n) is 6.62. The van der Waals surface area contributed by atoms with Crippen LogP contribution in [0.4, 0.5) is 5.13 Å². The highest BCUT2D eigenvalue weighted by Crippen LogP contribution is 2.20. The van der Waals surface area contributed by atoms with Gasteiger partial charge in [0.25, 0.3) is 0 Å². The van der Waals surface area contributed by atoms with Crippen LogP contribution in [0.2, 0.25) is 0 Å². The highest BCUT2D eigenvalue weighted by atomic mass is 35.5. The van der Waals surface area contributed by atoms with Gasteiger partial charge in [0.1, 0.15) is 5.36 Å². The van der Waals surface area contributed by atoms with Crippen molar-refractivity contribution >= 4 is 63.1 Å². The van der Waals surface area contributed by atoms with E-state index < -0.39 is 0 Å². The summed E-state index contributed by atoms with van der Waals surface area (Å²) in [4.78, 5) is 6.74. The molecule has 0 aliphatic heterocycles. The third-order valence-corrected chi connectivity index (χ3v) is 5.81. The number of likely N-dealkylation sites (N-methyl/N-ethyl adjacent to an activating group) is 1. The van der Waals surface area contributed by atoms with Crippen molar-refractivity contribution in [3.8, 4) is 0 Å². The number of hydrogen-bond acceptors (Lipinski definition) is 5. The summed E-state index contributed by atoms with van der Waals surface area (Å²) in [5, 5.41) is 10.7. The van der Waals surface area contributed by atoms with E-state index in [9.17, 15) is 0 Å². The molecule has 30 heavy (non-hydrogen) atoms.